The highest BCUT2D eigenvalue weighted by atomic mass is 16.6. The van der Waals surface area contributed by atoms with Gasteiger partial charge < -0.3 is 14.6 Å². The summed E-state index contributed by atoms with van der Waals surface area (Å²) in [6.07, 6.45) is 0. The van der Waals surface area contributed by atoms with Gasteiger partial charge in [-0.15, -0.1) is 0 Å². The van der Waals surface area contributed by atoms with Crippen molar-refractivity contribution in [2.45, 2.75) is 13.5 Å². The Balaban J connectivity index is 2.30. The number of hydrogen-bond donors (Lipinski definition) is 1. The minimum absolute atomic E-state index is 0.0462. The number of aliphatic hydroxyl groups excluding tert-OH is 1. The van der Waals surface area contributed by atoms with Gasteiger partial charge in [0.1, 0.15) is 5.75 Å². The first kappa shape index (κ1) is 14.8. The number of nitro groups is 1. The van der Waals surface area contributed by atoms with E-state index in [0.29, 0.717) is 28.4 Å². The molecule has 21 heavy (non-hydrogen) atoms. The largest absolute Gasteiger partial charge is 0.493 e. The van der Waals surface area contributed by atoms with E-state index in [1.54, 1.807) is 31.2 Å². The Morgan fingerprint density at radius 2 is 1.95 bits per heavy atom. The van der Waals surface area contributed by atoms with E-state index in [0.717, 1.165) is 0 Å². The number of hydrogen-bond acceptors (Lipinski definition) is 5. The average molecular weight is 289 g/mol. The van der Waals surface area contributed by atoms with Crippen molar-refractivity contribution in [3.63, 3.8) is 0 Å². The van der Waals surface area contributed by atoms with Crippen LogP contribution in [-0.4, -0.2) is 17.1 Å². The molecule has 6 heteroatoms. The zero-order valence-electron chi connectivity index (χ0n) is 11.7. The first-order valence-corrected chi connectivity index (χ1v) is 6.26. The van der Waals surface area contributed by atoms with E-state index in [-0.39, 0.29) is 12.3 Å². The third kappa shape index (κ3) is 3.29. The molecule has 0 saturated carbocycles. The van der Waals surface area contributed by atoms with E-state index in [1.165, 1.54) is 19.2 Å². The number of methoxy groups -OCH3 is 1. The summed E-state index contributed by atoms with van der Waals surface area (Å²) >= 11 is 0. The summed E-state index contributed by atoms with van der Waals surface area (Å²) in [6.45, 7) is 1.56. The van der Waals surface area contributed by atoms with Crippen molar-refractivity contribution >= 4 is 5.69 Å². The second kappa shape index (κ2) is 6.23. The van der Waals surface area contributed by atoms with Crippen LogP contribution in [0, 0.1) is 17.0 Å². The number of ether oxygens (including phenoxy) is 2. The van der Waals surface area contributed by atoms with Crippen LogP contribution in [-0.2, 0) is 6.61 Å². The lowest BCUT2D eigenvalue weighted by atomic mass is 10.2. The minimum Gasteiger partial charge on any atom is -0.493 e. The van der Waals surface area contributed by atoms with Crippen molar-refractivity contribution in [3.05, 3.63) is 57.6 Å². The summed E-state index contributed by atoms with van der Waals surface area (Å²) in [6, 6.07) is 9.60. The van der Waals surface area contributed by atoms with E-state index < -0.39 is 4.92 Å². The maximum Gasteiger partial charge on any atom is 0.272 e. The van der Waals surface area contributed by atoms with Crippen molar-refractivity contribution < 1.29 is 19.5 Å². The van der Waals surface area contributed by atoms with Crippen LogP contribution in [0.3, 0.4) is 0 Å². The van der Waals surface area contributed by atoms with Crippen molar-refractivity contribution in [3.8, 4) is 17.2 Å². The molecular weight excluding hydrogens is 274 g/mol. The highest BCUT2D eigenvalue weighted by Crippen LogP contribution is 2.33. The second-order valence-electron chi connectivity index (χ2n) is 4.45. The first-order chi connectivity index (χ1) is 10.0. The van der Waals surface area contributed by atoms with Crippen molar-refractivity contribution in [1.29, 1.82) is 0 Å². The van der Waals surface area contributed by atoms with E-state index in [9.17, 15) is 10.1 Å². The number of nitrogens with zero attached hydrogens (tertiary/aromatic N) is 1. The third-order valence-corrected chi connectivity index (χ3v) is 3.00. The van der Waals surface area contributed by atoms with Crippen molar-refractivity contribution in [2.24, 2.45) is 0 Å². The Kier molecular flexibility index (Phi) is 4.39. The smallest absolute Gasteiger partial charge is 0.272 e. The van der Waals surface area contributed by atoms with Crippen molar-refractivity contribution in [2.75, 3.05) is 7.11 Å². The lowest BCUT2D eigenvalue weighted by Gasteiger charge is -2.11. The maximum atomic E-state index is 10.8. The summed E-state index contributed by atoms with van der Waals surface area (Å²) in [5, 5.41) is 19.9. The van der Waals surface area contributed by atoms with Gasteiger partial charge in [0.15, 0.2) is 11.5 Å². The highest BCUT2D eigenvalue weighted by Gasteiger charge is 2.12. The SMILES string of the molecule is COc1cc(CO)ccc1Oc1ccc([N+](=O)[O-])c(C)c1. The molecule has 0 amide bonds. The fourth-order valence-corrected chi connectivity index (χ4v) is 1.92. The van der Waals surface area contributed by atoms with Gasteiger partial charge in [0.05, 0.1) is 18.6 Å². The normalized spacial score (nSPS) is 10.2. The minimum atomic E-state index is -0.435. The highest BCUT2D eigenvalue weighted by molar-refractivity contribution is 5.48. The van der Waals surface area contributed by atoms with Crippen LogP contribution in [0.1, 0.15) is 11.1 Å². The van der Waals surface area contributed by atoms with E-state index in [4.69, 9.17) is 14.6 Å². The molecular formula is C15H15NO5. The van der Waals surface area contributed by atoms with E-state index in [2.05, 4.69) is 0 Å². The zero-order valence-corrected chi connectivity index (χ0v) is 11.7. The summed E-state index contributed by atoms with van der Waals surface area (Å²) in [7, 11) is 1.50. The molecule has 0 heterocycles. The number of benzene rings is 2. The zero-order chi connectivity index (χ0) is 15.4. The monoisotopic (exact) mass is 289 g/mol. The van der Waals surface area contributed by atoms with Crippen LogP contribution in [0.25, 0.3) is 0 Å². The molecule has 110 valence electrons. The van der Waals surface area contributed by atoms with E-state index >= 15 is 0 Å². The summed E-state index contributed by atoms with van der Waals surface area (Å²) in [5.41, 5.74) is 1.27. The van der Waals surface area contributed by atoms with Gasteiger partial charge in [-0.3, -0.25) is 10.1 Å². The molecule has 1 N–H and O–H groups in total. The molecule has 2 rings (SSSR count). The molecule has 0 aromatic heterocycles. The molecule has 0 fully saturated rings. The predicted octanol–water partition coefficient (Wildman–Crippen LogP) is 3.20. The predicted molar refractivity (Wildman–Crippen MR) is 76.8 cm³/mol. The molecule has 0 aliphatic rings. The molecule has 0 radical (unpaired) electrons. The molecule has 2 aromatic rings. The van der Waals surface area contributed by atoms with Gasteiger partial charge in [-0.2, -0.15) is 0 Å². The molecule has 2 aromatic carbocycles. The summed E-state index contributed by atoms with van der Waals surface area (Å²) in [4.78, 5) is 10.3. The van der Waals surface area contributed by atoms with Gasteiger partial charge in [0, 0.05) is 11.6 Å². The molecule has 0 bridgehead atoms. The Labute approximate surface area is 121 Å². The van der Waals surface area contributed by atoms with Gasteiger partial charge in [-0.05, 0) is 36.8 Å². The first-order valence-electron chi connectivity index (χ1n) is 6.26. The van der Waals surface area contributed by atoms with Crippen LogP contribution < -0.4 is 9.47 Å². The molecule has 6 nitrogen and oxygen atoms in total. The quantitative estimate of drug-likeness (QED) is 0.675. The fraction of sp³-hybridized carbons (Fsp3) is 0.200. The Hall–Kier alpha value is -2.60. The van der Waals surface area contributed by atoms with Gasteiger partial charge in [0.2, 0.25) is 0 Å². The Bertz CT molecular complexity index is 669. The van der Waals surface area contributed by atoms with Gasteiger partial charge >= 0.3 is 0 Å². The van der Waals surface area contributed by atoms with Gasteiger partial charge in [-0.1, -0.05) is 6.07 Å². The van der Waals surface area contributed by atoms with Gasteiger partial charge in [-0.25, -0.2) is 0 Å². The lowest BCUT2D eigenvalue weighted by molar-refractivity contribution is -0.385. The lowest BCUT2D eigenvalue weighted by Crippen LogP contribution is -1.95. The van der Waals surface area contributed by atoms with Crippen LogP contribution in [0.2, 0.25) is 0 Å². The van der Waals surface area contributed by atoms with E-state index in [1.807, 2.05) is 0 Å². The Morgan fingerprint density at radius 1 is 1.19 bits per heavy atom. The fourth-order valence-electron chi connectivity index (χ4n) is 1.92. The molecule has 0 aliphatic carbocycles. The summed E-state index contributed by atoms with van der Waals surface area (Å²) < 4.78 is 10.9. The molecule has 0 atom stereocenters. The second-order valence-corrected chi connectivity index (χ2v) is 4.45. The number of aryl methyl sites for hydroxylation is 1. The van der Waals surface area contributed by atoms with Crippen LogP contribution >= 0.6 is 0 Å². The molecule has 0 saturated heterocycles. The maximum absolute atomic E-state index is 10.8. The number of aliphatic hydroxyl groups is 1. The van der Waals surface area contributed by atoms with Crippen molar-refractivity contribution in [1.82, 2.24) is 0 Å². The van der Waals surface area contributed by atoms with Crippen LogP contribution in [0.15, 0.2) is 36.4 Å². The molecule has 0 aliphatic heterocycles. The van der Waals surface area contributed by atoms with Crippen LogP contribution in [0.4, 0.5) is 5.69 Å². The molecule has 0 spiro atoms. The van der Waals surface area contributed by atoms with Gasteiger partial charge in [0.25, 0.3) is 5.69 Å². The number of nitro benzene ring substituents is 1. The van der Waals surface area contributed by atoms with Crippen LogP contribution in [0.5, 0.6) is 17.2 Å². The summed E-state index contributed by atoms with van der Waals surface area (Å²) in [5.74, 6) is 1.44. The topological polar surface area (TPSA) is 81.8 Å². The Morgan fingerprint density at radius 3 is 2.52 bits per heavy atom. The standard InChI is InChI=1S/C15H15NO5/c1-10-7-12(4-5-13(10)16(18)19)21-14-6-3-11(9-17)8-15(14)20-2/h3-8,17H,9H2,1-2H3. The number of rotatable bonds is 5. The third-order valence-electron chi connectivity index (χ3n) is 3.00. The average Bonchev–Trinajstić information content (AvgIpc) is 2.47. The molecule has 0 unspecified atom stereocenters.